The number of aliphatic carboxylic acids is 1. The van der Waals surface area contributed by atoms with Gasteiger partial charge < -0.3 is 9.84 Å². The number of rotatable bonds is 2. The SMILES string of the molecule is C=C1/C=C\C=C/C/C(OC)=C\N=C/1C(=O)O. The van der Waals surface area contributed by atoms with E-state index < -0.39 is 5.97 Å². The van der Waals surface area contributed by atoms with Gasteiger partial charge in [0, 0.05) is 12.0 Å². The Hall–Kier alpha value is -2.10. The van der Waals surface area contributed by atoms with Gasteiger partial charge >= 0.3 is 5.97 Å². The van der Waals surface area contributed by atoms with E-state index in [1.54, 1.807) is 12.2 Å². The fourth-order valence-corrected chi connectivity index (χ4v) is 1.11. The zero-order valence-corrected chi connectivity index (χ0v) is 9.01. The lowest BCUT2D eigenvalue weighted by Gasteiger charge is -2.03. The molecule has 1 rings (SSSR count). The molecule has 0 aromatic rings. The van der Waals surface area contributed by atoms with E-state index in [9.17, 15) is 4.79 Å². The van der Waals surface area contributed by atoms with E-state index >= 15 is 0 Å². The Balaban J connectivity index is 3.11. The minimum atomic E-state index is -1.11. The van der Waals surface area contributed by atoms with Crippen LogP contribution in [0.15, 0.2) is 53.4 Å². The van der Waals surface area contributed by atoms with Gasteiger partial charge in [0.2, 0.25) is 0 Å². The molecule has 0 aromatic carbocycles. The second-order valence-electron chi connectivity index (χ2n) is 3.10. The maximum atomic E-state index is 10.9. The Morgan fingerprint density at radius 1 is 1.56 bits per heavy atom. The van der Waals surface area contributed by atoms with E-state index in [4.69, 9.17) is 9.84 Å². The molecule has 4 nitrogen and oxygen atoms in total. The van der Waals surface area contributed by atoms with Gasteiger partial charge in [-0.25, -0.2) is 9.79 Å². The van der Waals surface area contributed by atoms with Crippen molar-refractivity contribution < 1.29 is 14.6 Å². The lowest BCUT2D eigenvalue weighted by molar-refractivity contribution is -0.129. The second kappa shape index (κ2) is 5.70. The molecule has 1 heterocycles. The van der Waals surface area contributed by atoms with Gasteiger partial charge in [0.15, 0.2) is 5.71 Å². The minimum Gasteiger partial charge on any atom is -0.499 e. The van der Waals surface area contributed by atoms with Gasteiger partial charge in [-0.2, -0.15) is 0 Å². The Bertz CT molecular complexity index is 414. The summed E-state index contributed by atoms with van der Waals surface area (Å²) < 4.78 is 5.04. The van der Waals surface area contributed by atoms with Crippen LogP contribution in [0.5, 0.6) is 0 Å². The van der Waals surface area contributed by atoms with Crippen LogP contribution in [-0.2, 0) is 9.53 Å². The topological polar surface area (TPSA) is 58.9 Å². The van der Waals surface area contributed by atoms with Crippen molar-refractivity contribution in [1.29, 1.82) is 0 Å². The number of nitrogens with zero attached hydrogens (tertiary/aromatic N) is 1. The maximum Gasteiger partial charge on any atom is 0.355 e. The standard InChI is InChI=1S/C12H13NO3/c1-9-6-4-3-5-7-10(16-2)8-13-11(9)12(14)15/h3-6,8H,1,7H2,2H3,(H,14,15)/b5-3-,6-4-,10-8+,13-11+. The Morgan fingerprint density at radius 3 is 2.94 bits per heavy atom. The predicted octanol–water partition coefficient (Wildman–Crippen LogP) is 2.07. The van der Waals surface area contributed by atoms with Crippen LogP contribution >= 0.6 is 0 Å². The fourth-order valence-electron chi connectivity index (χ4n) is 1.11. The van der Waals surface area contributed by atoms with Gasteiger partial charge in [0.25, 0.3) is 0 Å². The van der Waals surface area contributed by atoms with Crippen LogP contribution in [0.2, 0.25) is 0 Å². The van der Waals surface area contributed by atoms with Gasteiger partial charge in [0.1, 0.15) is 5.76 Å². The van der Waals surface area contributed by atoms with Crippen LogP contribution in [0.3, 0.4) is 0 Å². The highest BCUT2D eigenvalue weighted by atomic mass is 16.5. The molecular formula is C12H13NO3. The average Bonchev–Trinajstić information content (AvgIpc) is 2.26. The predicted molar refractivity (Wildman–Crippen MR) is 62.2 cm³/mol. The van der Waals surface area contributed by atoms with Crippen LogP contribution in [-0.4, -0.2) is 23.9 Å². The van der Waals surface area contributed by atoms with Gasteiger partial charge in [0.05, 0.1) is 13.3 Å². The molecule has 0 bridgehead atoms. The van der Waals surface area contributed by atoms with Gasteiger partial charge in [-0.05, 0) is 0 Å². The summed E-state index contributed by atoms with van der Waals surface area (Å²) in [6.07, 6.45) is 9.00. The van der Waals surface area contributed by atoms with E-state index in [1.165, 1.54) is 13.3 Å². The molecule has 0 spiro atoms. The number of carboxylic acids is 1. The van der Waals surface area contributed by atoms with Crippen LogP contribution < -0.4 is 0 Å². The van der Waals surface area contributed by atoms with E-state index in [-0.39, 0.29) is 5.71 Å². The summed E-state index contributed by atoms with van der Waals surface area (Å²) in [5.74, 6) is -0.510. The van der Waals surface area contributed by atoms with E-state index in [0.717, 1.165) is 0 Å². The third-order valence-electron chi connectivity index (χ3n) is 1.97. The highest BCUT2D eigenvalue weighted by molar-refractivity contribution is 6.43. The van der Waals surface area contributed by atoms with E-state index in [1.807, 2.05) is 12.2 Å². The molecule has 0 fully saturated rings. The number of carboxylic acid groups (broad SMARTS) is 1. The quantitative estimate of drug-likeness (QED) is 0.773. The molecule has 1 aliphatic heterocycles. The third kappa shape index (κ3) is 3.24. The van der Waals surface area contributed by atoms with E-state index in [0.29, 0.717) is 17.8 Å². The van der Waals surface area contributed by atoms with Crippen molar-refractivity contribution in [1.82, 2.24) is 0 Å². The normalized spacial score (nSPS) is 26.9. The first-order valence-electron chi connectivity index (χ1n) is 4.71. The van der Waals surface area contributed by atoms with Crippen molar-refractivity contribution in [2.75, 3.05) is 7.11 Å². The van der Waals surface area contributed by atoms with Crippen LogP contribution in [0.4, 0.5) is 0 Å². The molecule has 0 radical (unpaired) electrons. The maximum absolute atomic E-state index is 10.9. The zero-order chi connectivity index (χ0) is 12.0. The molecule has 1 N–H and O–H groups in total. The van der Waals surface area contributed by atoms with Crippen molar-refractivity contribution in [2.45, 2.75) is 6.42 Å². The number of ether oxygens (including phenoxy) is 1. The summed E-state index contributed by atoms with van der Waals surface area (Å²) in [5, 5.41) is 8.93. The lowest BCUT2D eigenvalue weighted by Crippen LogP contribution is -2.14. The first kappa shape index (κ1) is 12.0. The molecule has 0 aromatic heterocycles. The van der Waals surface area contributed by atoms with Crippen molar-refractivity contribution in [3.8, 4) is 0 Å². The summed E-state index contributed by atoms with van der Waals surface area (Å²) in [6.45, 7) is 3.64. The number of allylic oxidation sites excluding steroid dienone is 4. The number of carbonyl (C=O) groups is 1. The fraction of sp³-hybridized carbons (Fsp3) is 0.167. The first-order chi connectivity index (χ1) is 7.65. The number of methoxy groups -OCH3 is 1. The van der Waals surface area contributed by atoms with Crippen molar-refractivity contribution >= 4 is 11.7 Å². The smallest absolute Gasteiger partial charge is 0.355 e. The molecule has 0 saturated carbocycles. The molecule has 16 heavy (non-hydrogen) atoms. The number of hydrogen-bond acceptors (Lipinski definition) is 3. The highest BCUT2D eigenvalue weighted by Crippen LogP contribution is 2.08. The zero-order valence-electron chi connectivity index (χ0n) is 9.01. The summed E-state index contributed by atoms with van der Waals surface area (Å²) >= 11 is 0. The molecular weight excluding hydrogens is 206 g/mol. The monoisotopic (exact) mass is 219 g/mol. The van der Waals surface area contributed by atoms with Crippen LogP contribution in [0.1, 0.15) is 6.42 Å². The Kier molecular flexibility index (Phi) is 4.27. The molecule has 0 aliphatic carbocycles. The Labute approximate surface area is 94.0 Å². The highest BCUT2D eigenvalue weighted by Gasteiger charge is 2.10. The minimum absolute atomic E-state index is 0.0823. The molecule has 0 atom stereocenters. The van der Waals surface area contributed by atoms with Crippen molar-refractivity contribution in [2.24, 2.45) is 4.99 Å². The van der Waals surface area contributed by atoms with Crippen molar-refractivity contribution in [3.05, 3.63) is 48.4 Å². The van der Waals surface area contributed by atoms with Gasteiger partial charge in [-0.1, -0.05) is 30.9 Å². The summed E-state index contributed by atoms with van der Waals surface area (Å²) in [7, 11) is 1.52. The van der Waals surface area contributed by atoms with Crippen molar-refractivity contribution in [3.63, 3.8) is 0 Å². The van der Waals surface area contributed by atoms with Crippen LogP contribution in [0.25, 0.3) is 0 Å². The molecule has 0 amide bonds. The number of aliphatic imine (C=N–C) groups is 1. The van der Waals surface area contributed by atoms with E-state index in [2.05, 4.69) is 11.6 Å². The lowest BCUT2D eigenvalue weighted by atomic mass is 10.1. The van der Waals surface area contributed by atoms with Gasteiger partial charge in [-0.15, -0.1) is 0 Å². The third-order valence-corrected chi connectivity index (χ3v) is 1.97. The Morgan fingerprint density at radius 2 is 2.31 bits per heavy atom. The molecule has 0 unspecified atom stereocenters. The summed E-state index contributed by atoms with van der Waals surface area (Å²) in [6, 6.07) is 0. The second-order valence-corrected chi connectivity index (χ2v) is 3.10. The molecule has 84 valence electrons. The summed E-state index contributed by atoms with van der Waals surface area (Å²) in [5.41, 5.74) is 0.270. The first-order valence-corrected chi connectivity index (χ1v) is 4.71. The average molecular weight is 219 g/mol. The molecule has 0 saturated heterocycles. The molecule has 4 heteroatoms. The largest absolute Gasteiger partial charge is 0.499 e. The van der Waals surface area contributed by atoms with Gasteiger partial charge in [-0.3, -0.25) is 0 Å². The summed E-state index contributed by atoms with van der Waals surface area (Å²) in [4.78, 5) is 14.8. The molecule has 1 aliphatic rings. The van der Waals surface area contributed by atoms with Crippen LogP contribution in [0, 0.1) is 0 Å². The number of hydrogen-bond donors (Lipinski definition) is 1.